The molecule has 3 aromatic rings. The summed E-state index contributed by atoms with van der Waals surface area (Å²) >= 11 is 0. The Morgan fingerprint density at radius 3 is 2.39 bits per heavy atom. The van der Waals surface area contributed by atoms with Crippen LogP contribution >= 0.6 is 0 Å². The Kier molecular flexibility index (Phi) is 7.59. The summed E-state index contributed by atoms with van der Waals surface area (Å²) in [5.74, 6) is -0.587. The lowest BCUT2D eigenvalue weighted by Crippen LogP contribution is -2.28. The van der Waals surface area contributed by atoms with Crippen molar-refractivity contribution in [1.82, 2.24) is 10.6 Å². The highest BCUT2D eigenvalue weighted by molar-refractivity contribution is 6.03. The smallest absolute Gasteiger partial charge is 0.286 e. The first-order chi connectivity index (χ1) is 15.0. The Hall–Kier alpha value is -3.87. The summed E-state index contributed by atoms with van der Waals surface area (Å²) in [6.45, 7) is 2.25. The molecule has 0 bridgehead atoms. The number of rotatable bonds is 9. The molecular weight excluding hydrogens is 394 g/mol. The Morgan fingerprint density at radius 1 is 0.903 bits per heavy atom. The Morgan fingerprint density at radius 2 is 1.65 bits per heavy atom. The average molecular weight is 419 g/mol. The summed E-state index contributed by atoms with van der Waals surface area (Å²) < 4.78 is 5.01. The topological polar surface area (TPSA) is 100 Å². The number of carbonyl (C=O) groups excluding carboxylic acids is 3. The summed E-state index contributed by atoms with van der Waals surface area (Å²) in [5, 5.41) is 8.44. The van der Waals surface area contributed by atoms with Gasteiger partial charge in [0.1, 0.15) is 0 Å². The van der Waals surface area contributed by atoms with E-state index in [9.17, 15) is 14.4 Å². The van der Waals surface area contributed by atoms with Gasteiger partial charge in [-0.25, -0.2) is 0 Å². The van der Waals surface area contributed by atoms with Crippen LogP contribution in [0.2, 0.25) is 0 Å². The van der Waals surface area contributed by atoms with Gasteiger partial charge in [-0.05, 0) is 43.2 Å². The maximum Gasteiger partial charge on any atom is 0.286 e. The van der Waals surface area contributed by atoms with Gasteiger partial charge < -0.3 is 20.4 Å². The predicted octanol–water partition coefficient (Wildman–Crippen LogP) is 3.92. The fraction of sp³-hybridized carbons (Fsp3) is 0.208. The second-order valence-corrected chi connectivity index (χ2v) is 7.04. The maximum atomic E-state index is 12.8. The molecule has 0 aliphatic carbocycles. The molecule has 0 spiro atoms. The highest BCUT2D eigenvalue weighted by atomic mass is 16.3. The average Bonchev–Trinajstić information content (AvgIpc) is 3.32. The minimum Gasteiger partial charge on any atom is -0.459 e. The number of para-hydroxylation sites is 1. The molecule has 7 heteroatoms. The van der Waals surface area contributed by atoms with Crippen molar-refractivity contribution in [3.8, 4) is 0 Å². The van der Waals surface area contributed by atoms with Crippen LogP contribution in [0.15, 0.2) is 77.4 Å². The van der Waals surface area contributed by atoms with Crippen molar-refractivity contribution in [2.24, 2.45) is 0 Å². The summed E-state index contributed by atoms with van der Waals surface area (Å²) in [4.78, 5) is 36.9. The lowest BCUT2D eigenvalue weighted by molar-refractivity contribution is -0.116. The van der Waals surface area contributed by atoms with Gasteiger partial charge >= 0.3 is 0 Å². The number of benzene rings is 2. The Bertz CT molecular complexity index is 1020. The molecule has 0 aliphatic heterocycles. The van der Waals surface area contributed by atoms with Crippen LogP contribution in [0.3, 0.4) is 0 Å². The molecule has 1 heterocycles. The quantitative estimate of drug-likeness (QED) is 0.458. The van der Waals surface area contributed by atoms with E-state index in [0.29, 0.717) is 24.2 Å². The van der Waals surface area contributed by atoms with Crippen molar-refractivity contribution in [3.63, 3.8) is 0 Å². The highest BCUT2D eigenvalue weighted by Gasteiger charge is 2.16. The van der Waals surface area contributed by atoms with Gasteiger partial charge in [0.25, 0.3) is 11.8 Å². The number of amides is 3. The fourth-order valence-electron chi connectivity index (χ4n) is 3.05. The minimum atomic E-state index is -0.319. The van der Waals surface area contributed by atoms with Crippen LogP contribution in [0, 0.1) is 0 Å². The van der Waals surface area contributed by atoms with Gasteiger partial charge in [-0.2, -0.15) is 0 Å². The number of anilines is 1. The van der Waals surface area contributed by atoms with Gasteiger partial charge in [0, 0.05) is 13.0 Å². The molecule has 3 rings (SSSR count). The standard InChI is InChI=1S/C24H25N3O4/c1-17(18-9-3-2-4-10-18)26-23(29)19-11-5-6-12-20(19)27-22(28)14-7-15-25-24(30)21-13-8-16-31-21/h2-6,8-13,16-17H,7,14-15H2,1H3,(H,25,30)(H,26,29)(H,27,28). The van der Waals surface area contributed by atoms with E-state index in [1.54, 1.807) is 36.4 Å². The maximum absolute atomic E-state index is 12.8. The number of carbonyl (C=O) groups is 3. The van der Waals surface area contributed by atoms with Gasteiger partial charge in [-0.3, -0.25) is 14.4 Å². The number of furan rings is 1. The van der Waals surface area contributed by atoms with Crippen molar-refractivity contribution >= 4 is 23.4 Å². The lowest BCUT2D eigenvalue weighted by Gasteiger charge is -2.16. The Balaban J connectivity index is 1.50. The molecule has 2 aromatic carbocycles. The SMILES string of the molecule is CC(NC(=O)c1ccccc1NC(=O)CCCNC(=O)c1ccco1)c1ccccc1. The monoisotopic (exact) mass is 419 g/mol. The van der Waals surface area contributed by atoms with E-state index in [1.807, 2.05) is 37.3 Å². The molecule has 1 aromatic heterocycles. The van der Waals surface area contributed by atoms with E-state index >= 15 is 0 Å². The second kappa shape index (κ2) is 10.8. The molecule has 7 nitrogen and oxygen atoms in total. The lowest BCUT2D eigenvalue weighted by atomic mass is 10.1. The molecular formula is C24H25N3O4. The van der Waals surface area contributed by atoms with Gasteiger partial charge in [-0.1, -0.05) is 42.5 Å². The van der Waals surface area contributed by atoms with Crippen molar-refractivity contribution in [2.45, 2.75) is 25.8 Å². The summed E-state index contributed by atoms with van der Waals surface area (Å²) in [6, 6.07) is 19.6. The zero-order chi connectivity index (χ0) is 22.1. The van der Waals surface area contributed by atoms with Crippen molar-refractivity contribution in [2.75, 3.05) is 11.9 Å². The molecule has 31 heavy (non-hydrogen) atoms. The van der Waals surface area contributed by atoms with E-state index in [0.717, 1.165) is 5.56 Å². The number of hydrogen-bond donors (Lipinski definition) is 3. The summed E-state index contributed by atoms with van der Waals surface area (Å²) in [5.41, 5.74) is 1.84. The Labute approximate surface area is 180 Å². The van der Waals surface area contributed by atoms with Gasteiger partial charge in [0.05, 0.1) is 23.6 Å². The molecule has 3 amide bonds. The molecule has 0 radical (unpaired) electrons. The van der Waals surface area contributed by atoms with Crippen LogP contribution in [-0.2, 0) is 4.79 Å². The van der Waals surface area contributed by atoms with Crippen molar-refractivity contribution in [3.05, 3.63) is 89.9 Å². The molecule has 160 valence electrons. The van der Waals surface area contributed by atoms with E-state index in [-0.39, 0.29) is 35.9 Å². The van der Waals surface area contributed by atoms with Crippen molar-refractivity contribution < 1.29 is 18.8 Å². The van der Waals surface area contributed by atoms with Crippen LogP contribution in [-0.4, -0.2) is 24.3 Å². The minimum absolute atomic E-state index is 0.171. The molecule has 0 aliphatic rings. The molecule has 1 unspecified atom stereocenters. The van der Waals surface area contributed by atoms with Crippen LogP contribution in [0.1, 0.15) is 52.3 Å². The van der Waals surface area contributed by atoms with Gasteiger partial charge in [-0.15, -0.1) is 0 Å². The molecule has 0 saturated heterocycles. The zero-order valence-electron chi connectivity index (χ0n) is 17.3. The molecule has 0 fully saturated rings. The highest BCUT2D eigenvalue weighted by Crippen LogP contribution is 2.18. The van der Waals surface area contributed by atoms with E-state index < -0.39 is 0 Å². The fourth-order valence-corrected chi connectivity index (χ4v) is 3.05. The summed E-state index contributed by atoms with van der Waals surface area (Å²) in [6.07, 6.45) is 2.09. The van der Waals surface area contributed by atoms with Crippen LogP contribution in [0.5, 0.6) is 0 Å². The number of nitrogens with one attached hydrogen (secondary N) is 3. The first-order valence-electron chi connectivity index (χ1n) is 10.1. The van der Waals surface area contributed by atoms with Gasteiger partial charge in [0.15, 0.2) is 5.76 Å². The number of hydrogen-bond acceptors (Lipinski definition) is 4. The molecule has 0 saturated carbocycles. The largest absolute Gasteiger partial charge is 0.459 e. The van der Waals surface area contributed by atoms with E-state index in [1.165, 1.54) is 6.26 Å². The third kappa shape index (κ3) is 6.30. The third-order valence-corrected chi connectivity index (χ3v) is 4.70. The van der Waals surface area contributed by atoms with Crippen LogP contribution in [0.25, 0.3) is 0 Å². The molecule has 3 N–H and O–H groups in total. The van der Waals surface area contributed by atoms with Gasteiger partial charge in [0.2, 0.25) is 5.91 Å². The second-order valence-electron chi connectivity index (χ2n) is 7.04. The van der Waals surface area contributed by atoms with Crippen LogP contribution in [0.4, 0.5) is 5.69 Å². The summed E-state index contributed by atoms with van der Waals surface area (Å²) in [7, 11) is 0. The zero-order valence-corrected chi connectivity index (χ0v) is 17.3. The van der Waals surface area contributed by atoms with E-state index in [4.69, 9.17) is 4.42 Å². The first-order valence-corrected chi connectivity index (χ1v) is 10.1. The predicted molar refractivity (Wildman–Crippen MR) is 118 cm³/mol. The molecule has 1 atom stereocenters. The van der Waals surface area contributed by atoms with E-state index in [2.05, 4.69) is 16.0 Å². The third-order valence-electron chi connectivity index (χ3n) is 4.70. The first kappa shape index (κ1) is 21.8. The normalized spacial score (nSPS) is 11.4. The van der Waals surface area contributed by atoms with Crippen molar-refractivity contribution in [1.29, 1.82) is 0 Å². The van der Waals surface area contributed by atoms with Crippen LogP contribution < -0.4 is 16.0 Å².